The van der Waals surface area contributed by atoms with Gasteiger partial charge in [0.25, 0.3) is 0 Å². The van der Waals surface area contributed by atoms with Gasteiger partial charge in [-0.3, -0.25) is 5.10 Å². The van der Waals surface area contributed by atoms with Crippen LogP contribution < -0.4 is 5.32 Å². The van der Waals surface area contributed by atoms with Gasteiger partial charge in [-0.25, -0.2) is 4.79 Å². The number of fused-ring (bicyclic) bond motifs is 1. The van der Waals surface area contributed by atoms with Crippen molar-refractivity contribution in [2.45, 2.75) is 26.4 Å². The minimum Gasteiger partial charge on any atom is -0.444 e. The fourth-order valence-corrected chi connectivity index (χ4v) is 1.64. The number of carbonyl (C=O) groups is 1. The zero-order valence-corrected chi connectivity index (χ0v) is 11.8. The monoisotopic (exact) mass is 271 g/mol. The fraction of sp³-hybridized carbons (Fsp3) is 0.333. The van der Waals surface area contributed by atoms with E-state index in [9.17, 15) is 4.79 Å². The van der Waals surface area contributed by atoms with Gasteiger partial charge in [0.1, 0.15) is 5.60 Å². The summed E-state index contributed by atoms with van der Waals surface area (Å²) in [5, 5.41) is 10.5. The fourth-order valence-electron chi connectivity index (χ4n) is 1.64. The molecule has 5 heteroatoms. The molecule has 0 saturated heterocycles. The van der Waals surface area contributed by atoms with Gasteiger partial charge in [0.05, 0.1) is 23.8 Å². The van der Waals surface area contributed by atoms with Crippen molar-refractivity contribution < 1.29 is 9.53 Å². The average Bonchev–Trinajstić information content (AvgIpc) is 2.81. The minimum absolute atomic E-state index is 0.236. The largest absolute Gasteiger partial charge is 0.444 e. The predicted molar refractivity (Wildman–Crippen MR) is 77.2 cm³/mol. The summed E-state index contributed by atoms with van der Waals surface area (Å²) in [5.41, 5.74) is 1.25. The van der Waals surface area contributed by atoms with Gasteiger partial charge in [0.2, 0.25) is 0 Å². The van der Waals surface area contributed by atoms with E-state index in [0.717, 1.165) is 16.5 Å². The Labute approximate surface area is 117 Å². The van der Waals surface area contributed by atoms with E-state index in [1.165, 1.54) is 0 Å². The average molecular weight is 271 g/mol. The number of rotatable bonds is 1. The lowest BCUT2D eigenvalue weighted by molar-refractivity contribution is 0.0535. The molecule has 1 amide bonds. The van der Waals surface area contributed by atoms with Crippen molar-refractivity contribution in [2.75, 3.05) is 6.54 Å². The number of carbonyl (C=O) groups excluding carboxylic acids is 1. The maximum absolute atomic E-state index is 11.4. The lowest BCUT2D eigenvalue weighted by atomic mass is 10.1. The smallest absolute Gasteiger partial charge is 0.408 e. The molecular formula is C15H17N3O2. The quantitative estimate of drug-likeness (QED) is 0.783. The van der Waals surface area contributed by atoms with E-state index < -0.39 is 11.7 Å². The summed E-state index contributed by atoms with van der Waals surface area (Å²) in [6.07, 6.45) is 1.28. The van der Waals surface area contributed by atoms with Crippen LogP contribution in [0.15, 0.2) is 24.4 Å². The van der Waals surface area contributed by atoms with E-state index in [1.54, 1.807) is 6.20 Å². The summed E-state index contributed by atoms with van der Waals surface area (Å²) in [6, 6.07) is 5.78. The van der Waals surface area contributed by atoms with Crippen LogP contribution in [0.1, 0.15) is 26.3 Å². The van der Waals surface area contributed by atoms with E-state index in [4.69, 9.17) is 4.74 Å². The van der Waals surface area contributed by atoms with Gasteiger partial charge in [-0.05, 0) is 26.8 Å². The lowest BCUT2D eigenvalue weighted by Crippen LogP contribution is -2.32. The summed E-state index contributed by atoms with van der Waals surface area (Å²) < 4.78 is 5.11. The van der Waals surface area contributed by atoms with Crippen LogP contribution in [0.5, 0.6) is 0 Å². The predicted octanol–water partition coefficient (Wildman–Crippen LogP) is 2.44. The molecule has 0 aliphatic heterocycles. The van der Waals surface area contributed by atoms with Crippen LogP contribution in [0, 0.1) is 11.8 Å². The van der Waals surface area contributed by atoms with Gasteiger partial charge in [0, 0.05) is 5.39 Å². The summed E-state index contributed by atoms with van der Waals surface area (Å²) in [7, 11) is 0. The van der Waals surface area contributed by atoms with E-state index >= 15 is 0 Å². The highest BCUT2D eigenvalue weighted by Gasteiger charge is 2.14. The first-order valence-electron chi connectivity index (χ1n) is 6.33. The number of H-pyrrole nitrogens is 1. The number of benzene rings is 1. The second kappa shape index (κ2) is 5.66. The van der Waals surface area contributed by atoms with Crippen LogP contribution in [-0.4, -0.2) is 28.4 Å². The Morgan fingerprint density at radius 1 is 1.45 bits per heavy atom. The van der Waals surface area contributed by atoms with Crippen LogP contribution in [-0.2, 0) is 4.74 Å². The van der Waals surface area contributed by atoms with Crippen LogP contribution in [0.2, 0.25) is 0 Å². The number of aromatic amines is 1. The van der Waals surface area contributed by atoms with Gasteiger partial charge in [0.15, 0.2) is 0 Å². The van der Waals surface area contributed by atoms with E-state index in [0.29, 0.717) is 0 Å². The van der Waals surface area contributed by atoms with Crippen LogP contribution in [0.25, 0.3) is 10.9 Å². The zero-order chi connectivity index (χ0) is 14.6. The number of alkyl carbamates (subject to hydrolysis) is 1. The van der Waals surface area contributed by atoms with Crippen molar-refractivity contribution in [2.24, 2.45) is 0 Å². The molecule has 0 fully saturated rings. The Hall–Kier alpha value is -2.48. The highest BCUT2D eigenvalue weighted by Crippen LogP contribution is 2.14. The Morgan fingerprint density at radius 3 is 3.00 bits per heavy atom. The van der Waals surface area contributed by atoms with Gasteiger partial charge >= 0.3 is 6.09 Å². The molecule has 20 heavy (non-hydrogen) atoms. The lowest BCUT2D eigenvalue weighted by Gasteiger charge is -2.18. The van der Waals surface area contributed by atoms with Gasteiger partial charge in [-0.15, -0.1) is 0 Å². The number of amides is 1. The first-order chi connectivity index (χ1) is 9.46. The first kappa shape index (κ1) is 13.9. The standard InChI is InChI=1S/C15H17N3O2/c1-15(2,3)20-14(19)16-9-5-8-11-6-4-7-12-10-17-18-13(11)12/h4,6-7,10H,9H2,1-3H3,(H,16,19)(H,17,18). The molecule has 0 aliphatic rings. The molecule has 0 spiro atoms. The van der Waals surface area contributed by atoms with Crippen molar-refractivity contribution in [3.8, 4) is 11.8 Å². The number of nitrogens with zero attached hydrogens (tertiary/aromatic N) is 1. The molecule has 2 N–H and O–H groups in total. The third-order valence-electron chi connectivity index (χ3n) is 2.42. The number of nitrogens with one attached hydrogen (secondary N) is 2. The maximum Gasteiger partial charge on any atom is 0.408 e. The molecule has 2 rings (SSSR count). The van der Waals surface area contributed by atoms with E-state index in [-0.39, 0.29) is 6.54 Å². The molecule has 0 radical (unpaired) electrons. The van der Waals surface area contributed by atoms with Crippen molar-refractivity contribution in [1.82, 2.24) is 15.5 Å². The molecule has 0 aliphatic carbocycles. The van der Waals surface area contributed by atoms with Crippen molar-refractivity contribution in [3.05, 3.63) is 30.0 Å². The molecule has 0 saturated carbocycles. The molecule has 1 aromatic heterocycles. The Bertz CT molecular complexity index is 671. The Morgan fingerprint density at radius 2 is 2.25 bits per heavy atom. The van der Waals surface area contributed by atoms with E-state index in [2.05, 4.69) is 27.4 Å². The van der Waals surface area contributed by atoms with Gasteiger partial charge in [-0.2, -0.15) is 5.10 Å². The third kappa shape index (κ3) is 3.75. The van der Waals surface area contributed by atoms with Crippen LogP contribution in [0.3, 0.4) is 0 Å². The summed E-state index contributed by atoms with van der Waals surface area (Å²) in [6.45, 7) is 5.69. The molecule has 104 valence electrons. The van der Waals surface area contributed by atoms with Crippen molar-refractivity contribution in [1.29, 1.82) is 0 Å². The zero-order valence-electron chi connectivity index (χ0n) is 11.8. The first-order valence-corrected chi connectivity index (χ1v) is 6.33. The number of aromatic nitrogens is 2. The number of para-hydroxylation sites is 1. The number of ether oxygens (including phenoxy) is 1. The number of hydrogen-bond acceptors (Lipinski definition) is 3. The van der Waals surface area contributed by atoms with E-state index in [1.807, 2.05) is 39.0 Å². The molecule has 0 atom stereocenters. The topological polar surface area (TPSA) is 67.0 Å². The van der Waals surface area contributed by atoms with Crippen molar-refractivity contribution >= 4 is 17.0 Å². The molecule has 1 aromatic carbocycles. The summed E-state index contributed by atoms with van der Waals surface area (Å²) in [4.78, 5) is 11.4. The minimum atomic E-state index is -0.501. The molecule has 5 nitrogen and oxygen atoms in total. The SMILES string of the molecule is CC(C)(C)OC(=O)NCC#Cc1cccc2cn[nH]c12. The maximum atomic E-state index is 11.4. The number of hydrogen-bond donors (Lipinski definition) is 2. The Balaban J connectivity index is 1.95. The summed E-state index contributed by atoms with van der Waals surface area (Å²) in [5.74, 6) is 5.89. The Kier molecular flexibility index (Phi) is 3.94. The van der Waals surface area contributed by atoms with Crippen molar-refractivity contribution in [3.63, 3.8) is 0 Å². The van der Waals surface area contributed by atoms with Crippen LogP contribution >= 0.6 is 0 Å². The highest BCUT2D eigenvalue weighted by atomic mass is 16.6. The van der Waals surface area contributed by atoms with Gasteiger partial charge < -0.3 is 10.1 Å². The molecular weight excluding hydrogens is 254 g/mol. The molecule has 2 aromatic rings. The second-order valence-electron chi connectivity index (χ2n) is 5.30. The molecule has 1 heterocycles. The summed E-state index contributed by atoms with van der Waals surface area (Å²) >= 11 is 0. The normalized spacial score (nSPS) is 10.8. The second-order valence-corrected chi connectivity index (χ2v) is 5.30. The van der Waals surface area contributed by atoms with Crippen LogP contribution in [0.4, 0.5) is 4.79 Å². The highest BCUT2D eigenvalue weighted by molar-refractivity contribution is 5.83. The third-order valence-corrected chi connectivity index (χ3v) is 2.42. The van der Waals surface area contributed by atoms with Gasteiger partial charge in [-0.1, -0.05) is 24.0 Å². The molecule has 0 unspecified atom stereocenters. The molecule has 0 bridgehead atoms.